The number of H-pyrrole nitrogens is 2. The molecule has 2 aromatic heterocycles. The van der Waals surface area contributed by atoms with Crippen molar-refractivity contribution in [2.24, 2.45) is 0 Å². The van der Waals surface area contributed by atoms with Gasteiger partial charge in [0.15, 0.2) is 5.43 Å². The lowest BCUT2D eigenvalue weighted by atomic mass is 10.1. The van der Waals surface area contributed by atoms with E-state index >= 15 is 0 Å². The van der Waals surface area contributed by atoms with Gasteiger partial charge in [-0.05, 0) is 6.92 Å². The molecular weight excluding hydrogens is 276 g/mol. The minimum Gasteiger partial charge on any atom is -0.480 e. The van der Waals surface area contributed by atoms with E-state index in [0.29, 0.717) is 11.4 Å². The second-order valence-corrected chi connectivity index (χ2v) is 4.54. The minimum atomic E-state index is -1.19. The van der Waals surface area contributed by atoms with Gasteiger partial charge in [0.1, 0.15) is 11.6 Å². The zero-order valence-electron chi connectivity index (χ0n) is 11.2. The molecule has 0 aromatic carbocycles. The average Bonchev–Trinajstić information content (AvgIpc) is 2.90. The maximum Gasteiger partial charge on any atom is 0.326 e. The van der Waals surface area contributed by atoms with Crippen molar-refractivity contribution >= 4 is 11.9 Å². The number of amides is 1. The Labute approximate surface area is 119 Å². The van der Waals surface area contributed by atoms with Crippen molar-refractivity contribution in [2.75, 3.05) is 0 Å². The molecule has 0 radical (unpaired) electrons. The summed E-state index contributed by atoms with van der Waals surface area (Å²) < 4.78 is 0. The number of rotatable bonds is 5. The van der Waals surface area contributed by atoms with Crippen LogP contribution in [0.4, 0.5) is 0 Å². The van der Waals surface area contributed by atoms with E-state index in [1.165, 1.54) is 24.8 Å². The van der Waals surface area contributed by atoms with E-state index < -0.39 is 23.3 Å². The number of imidazole rings is 1. The van der Waals surface area contributed by atoms with Crippen molar-refractivity contribution in [3.8, 4) is 0 Å². The first-order valence-corrected chi connectivity index (χ1v) is 6.17. The third-order valence-electron chi connectivity index (χ3n) is 2.88. The van der Waals surface area contributed by atoms with Crippen LogP contribution in [-0.2, 0) is 11.2 Å². The van der Waals surface area contributed by atoms with Crippen LogP contribution in [-0.4, -0.2) is 38.0 Å². The van der Waals surface area contributed by atoms with Crippen LogP contribution in [0.1, 0.15) is 21.7 Å². The normalized spacial score (nSPS) is 11.9. The minimum absolute atomic E-state index is 0.0465. The molecule has 0 aliphatic heterocycles. The number of nitrogens with zero attached hydrogens (tertiary/aromatic N) is 1. The van der Waals surface area contributed by atoms with Gasteiger partial charge in [-0.1, -0.05) is 0 Å². The van der Waals surface area contributed by atoms with Gasteiger partial charge in [0.25, 0.3) is 5.91 Å². The second kappa shape index (κ2) is 6.04. The Balaban J connectivity index is 2.14. The Morgan fingerprint density at radius 1 is 1.43 bits per heavy atom. The van der Waals surface area contributed by atoms with E-state index in [1.807, 2.05) is 0 Å². The van der Waals surface area contributed by atoms with Gasteiger partial charge in [-0.3, -0.25) is 9.59 Å². The van der Waals surface area contributed by atoms with Crippen molar-refractivity contribution in [3.05, 3.63) is 52.0 Å². The topological polar surface area (TPSA) is 128 Å². The van der Waals surface area contributed by atoms with Gasteiger partial charge in [0.2, 0.25) is 0 Å². The first-order valence-electron chi connectivity index (χ1n) is 6.17. The molecule has 0 saturated heterocycles. The molecule has 2 heterocycles. The van der Waals surface area contributed by atoms with Crippen molar-refractivity contribution in [2.45, 2.75) is 19.4 Å². The summed E-state index contributed by atoms with van der Waals surface area (Å²) in [5, 5.41) is 11.5. The summed E-state index contributed by atoms with van der Waals surface area (Å²) in [6.45, 7) is 1.68. The Morgan fingerprint density at radius 3 is 2.76 bits per heavy atom. The van der Waals surface area contributed by atoms with Crippen LogP contribution < -0.4 is 10.7 Å². The summed E-state index contributed by atoms with van der Waals surface area (Å²) in [6, 6.07) is 0.123. The summed E-state index contributed by atoms with van der Waals surface area (Å²) in [5.41, 5.74) is 0.593. The van der Waals surface area contributed by atoms with Crippen molar-refractivity contribution in [3.63, 3.8) is 0 Å². The molecule has 21 heavy (non-hydrogen) atoms. The number of pyridine rings is 1. The molecule has 1 amide bonds. The predicted octanol–water partition coefficient (Wildman–Crippen LogP) is -0.168. The standard InChI is InChI=1S/C13H14N4O4/c1-7-2-11(18)9(5-15-7)12(19)17-10(13(20)21)3-8-4-14-6-16-8/h2,4-6,10H,3H2,1H3,(H,14,16)(H,15,18)(H,17,19)(H,20,21)/t10-/m0/s1. The lowest BCUT2D eigenvalue weighted by molar-refractivity contribution is -0.139. The van der Waals surface area contributed by atoms with Crippen molar-refractivity contribution < 1.29 is 14.7 Å². The van der Waals surface area contributed by atoms with Crippen LogP contribution in [0.5, 0.6) is 0 Å². The van der Waals surface area contributed by atoms with Crippen LogP contribution in [0.15, 0.2) is 29.6 Å². The van der Waals surface area contributed by atoms with Gasteiger partial charge >= 0.3 is 5.97 Å². The lowest BCUT2D eigenvalue weighted by Gasteiger charge is -2.13. The molecule has 0 saturated carbocycles. The number of carboxylic acids is 1. The van der Waals surface area contributed by atoms with Crippen LogP contribution in [0.25, 0.3) is 0 Å². The molecular formula is C13H14N4O4. The van der Waals surface area contributed by atoms with Gasteiger partial charge in [0, 0.05) is 36.3 Å². The maximum absolute atomic E-state index is 12.0. The van der Waals surface area contributed by atoms with E-state index in [4.69, 9.17) is 5.11 Å². The number of nitrogens with one attached hydrogen (secondary N) is 3. The van der Waals surface area contributed by atoms with Gasteiger partial charge in [-0.15, -0.1) is 0 Å². The molecule has 1 atom stereocenters. The number of carbonyl (C=O) groups is 2. The highest BCUT2D eigenvalue weighted by Gasteiger charge is 2.22. The number of carboxylic acid groups (broad SMARTS) is 1. The Kier molecular flexibility index (Phi) is 4.17. The zero-order chi connectivity index (χ0) is 15.4. The highest BCUT2D eigenvalue weighted by Crippen LogP contribution is 2.01. The molecule has 0 spiro atoms. The highest BCUT2D eigenvalue weighted by molar-refractivity contribution is 5.96. The molecule has 2 rings (SSSR count). The molecule has 8 heteroatoms. The summed E-state index contributed by atoms with van der Waals surface area (Å²) in [5.74, 6) is -1.93. The predicted molar refractivity (Wildman–Crippen MR) is 73.0 cm³/mol. The van der Waals surface area contributed by atoms with Gasteiger partial charge < -0.3 is 20.4 Å². The van der Waals surface area contributed by atoms with Crippen molar-refractivity contribution in [1.82, 2.24) is 20.3 Å². The Bertz CT molecular complexity index is 705. The Morgan fingerprint density at radius 2 is 2.19 bits per heavy atom. The number of hydrogen-bond acceptors (Lipinski definition) is 4. The van der Waals surface area contributed by atoms with E-state index in [0.717, 1.165) is 0 Å². The number of aromatic nitrogens is 3. The van der Waals surface area contributed by atoms with Crippen LogP contribution >= 0.6 is 0 Å². The summed E-state index contributed by atoms with van der Waals surface area (Å²) in [6.07, 6.45) is 4.20. The second-order valence-electron chi connectivity index (χ2n) is 4.54. The smallest absolute Gasteiger partial charge is 0.326 e. The molecule has 0 aliphatic rings. The van der Waals surface area contributed by atoms with Crippen molar-refractivity contribution in [1.29, 1.82) is 0 Å². The number of hydrogen-bond donors (Lipinski definition) is 4. The first-order chi connectivity index (χ1) is 9.97. The fourth-order valence-corrected chi connectivity index (χ4v) is 1.80. The lowest BCUT2D eigenvalue weighted by Crippen LogP contribution is -2.43. The van der Waals surface area contributed by atoms with Gasteiger partial charge in [0.05, 0.1) is 6.33 Å². The van der Waals surface area contributed by atoms with Crippen LogP contribution in [0.3, 0.4) is 0 Å². The summed E-state index contributed by atoms with van der Waals surface area (Å²) in [7, 11) is 0. The summed E-state index contributed by atoms with van der Waals surface area (Å²) >= 11 is 0. The molecule has 8 nitrogen and oxygen atoms in total. The largest absolute Gasteiger partial charge is 0.480 e. The third kappa shape index (κ3) is 3.56. The molecule has 2 aromatic rings. The molecule has 0 fully saturated rings. The monoisotopic (exact) mass is 290 g/mol. The number of aryl methyl sites for hydroxylation is 1. The van der Waals surface area contributed by atoms with E-state index in [1.54, 1.807) is 6.92 Å². The Hall–Kier alpha value is -2.90. The highest BCUT2D eigenvalue weighted by atomic mass is 16.4. The van der Waals surface area contributed by atoms with E-state index in [9.17, 15) is 14.4 Å². The van der Waals surface area contributed by atoms with Crippen LogP contribution in [0.2, 0.25) is 0 Å². The number of aromatic amines is 2. The zero-order valence-corrected chi connectivity index (χ0v) is 11.2. The van der Waals surface area contributed by atoms with E-state index in [2.05, 4.69) is 20.3 Å². The fraction of sp³-hybridized carbons (Fsp3) is 0.231. The SMILES string of the molecule is Cc1cc(=O)c(C(=O)N[C@@H](Cc2cnc[nH]2)C(=O)O)c[nH]1. The molecule has 110 valence electrons. The summed E-state index contributed by atoms with van der Waals surface area (Å²) in [4.78, 5) is 44.2. The molecule has 0 unspecified atom stereocenters. The van der Waals surface area contributed by atoms with E-state index in [-0.39, 0.29) is 12.0 Å². The molecule has 0 aliphatic carbocycles. The molecule has 4 N–H and O–H groups in total. The third-order valence-corrected chi connectivity index (χ3v) is 2.88. The fourth-order valence-electron chi connectivity index (χ4n) is 1.80. The quantitative estimate of drug-likeness (QED) is 0.608. The number of carbonyl (C=O) groups excluding carboxylic acids is 1. The number of aliphatic carboxylic acids is 1. The first kappa shape index (κ1) is 14.5. The maximum atomic E-state index is 12.0. The van der Waals surface area contributed by atoms with Crippen LogP contribution in [0, 0.1) is 6.92 Å². The molecule has 0 bridgehead atoms. The van der Waals surface area contributed by atoms with Gasteiger partial charge in [-0.25, -0.2) is 9.78 Å². The van der Waals surface area contributed by atoms with Gasteiger partial charge in [-0.2, -0.15) is 0 Å². The average molecular weight is 290 g/mol.